The highest BCUT2D eigenvalue weighted by Crippen LogP contribution is 2.31. The third-order valence-corrected chi connectivity index (χ3v) is 5.77. The molecule has 0 spiro atoms. The number of anilines is 2. The van der Waals surface area contributed by atoms with E-state index < -0.39 is 0 Å². The average Bonchev–Trinajstić information content (AvgIpc) is 3.30. The first-order valence-electron chi connectivity index (χ1n) is 9.57. The van der Waals surface area contributed by atoms with Gasteiger partial charge in [-0.25, -0.2) is 9.97 Å². The highest BCUT2D eigenvalue weighted by atomic mass is 35.5. The van der Waals surface area contributed by atoms with Gasteiger partial charge in [0.2, 0.25) is 5.95 Å². The van der Waals surface area contributed by atoms with Crippen LogP contribution in [-0.4, -0.2) is 40.2 Å². The topological polar surface area (TPSA) is 105 Å². The number of thiazole rings is 1. The van der Waals surface area contributed by atoms with Gasteiger partial charge in [-0.2, -0.15) is 5.26 Å². The molecular formula is C21H19ClN6O2S. The quantitative estimate of drug-likeness (QED) is 0.386. The van der Waals surface area contributed by atoms with Crippen LogP contribution in [-0.2, 0) is 11.8 Å². The number of nitrogens with zero attached hydrogens (tertiary/aromatic N) is 4. The van der Waals surface area contributed by atoms with Gasteiger partial charge in [-0.3, -0.25) is 4.79 Å². The Hall–Kier alpha value is -3.19. The SMILES string of the molecule is Cn1c(Nc2nc3ccc(Cl)cc3s2)nc2cc(C(=O)NCCOCCC#N)ccc21. The minimum Gasteiger partial charge on any atom is -0.379 e. The number of amides is 1. The van der Waals surface area contributed by atoms with Crippen LogP contribution in [0.4, 0.5) is 11.1 Å². The molecule has 1 amide bonds. The predicted molar refractivity (Wildman–Crippen MR) is 122 cm³/mol. The second kappa shape index (κ2) is 9.31. The molecule has 0 aliphatic carbocycles. The Morgan fingerprint density at radius 3 is 2.94 bits per heavy atom. The van der Waals surface area contributed by atoms with Crippen LogP contribution in [0, 0.1) is 11.3 Å². The molecule has 2 aromatic carbocycles. The number of carbonyl (C=O) groups excluding carboxylic acids is 1. The normalized spacial score (nSPS) is 11.0. The number of imidazole rings is 1. The highest BCUT2D eigenvalue weighted by molar-refractivity contribution is 7.22. The smallest absolute Gasteiger partial charge is 0.251 e. The van der Waals surface area contributed by atoms with Crippen molar-refractivity contribution in [2.75, 3.05) is 25.1 Å². The van der Waals surface area contributed by atoms with Gasteiger partial charge in [-0.15, -0.1) is 0 Å². The number of carbonyl (C=O) groups is 1. The monoisotopic (exact) mass is 454 g/mol. The number of benzene rings is 2. The van der Waals surface area contributed by atoms with Crippen molar-refractivity contribution in [3.63, 3.8) is 0 Å². The first-order valence-corrected chi connectivity index (χ1v) is 10.8. The Morgan fingerprint density at radius 2 is 2.10 bits per heavy atom. The molecule has 0 aliphatic rings. The number of rotatable bonds is 8. The summed E-state index contributed by atoms with van der Waals surface area (Å²) in [5, 5.41) is 15.9. The Kier molecular flexibility index (Phi) is 6.32. The van der Waals surface area contributed by atoms with Gasteiger partial charge < -0.3 is 19.9 Å². The Bertz CT molecular complexity index is 1290. The van der Waals surface area contributed by atoms with Crippen molar-refractivity contribution >= 4 is 61.2 Å². The second-order valence-corrected chi connectivity index (χ2v) is 8.20. The summed E-state index contributed by atoms with van der Waals surface area (Å²) < 4.78 is 8.17. The van der Waals surface area contributed by atoms with Gasteiger partial charge in [0.1, 0.15) is 0 Å². The number of hydrogen-bond donors (Lipinski definition) is 2. The molecule has 2 N–H and O–H groups in total. The number of aryl methyl sites for hydroxylation is 1. The van der Waals surface area contributed by atoms with E-state index in [9.17, 15) is 4.79 Å². The fourth-order valence-corrected chi connectivity index (χ4v) is 4.19. The molecule has 0 atom stereocenters. The summed E-state index contributed by atoms with van der Waals surface area (Å²) in [6.07, 6.45) is 0.339. The lowest BCUT2D eigenvalue weighted by molar-refractivity contribution is 0.0918. The fourth-order valence-electron chi connectivity index (χ4n) is 3.06. The van der Waals surface area contributed by atoms with Crippen LogP contribution in [0.25, 0.3) is 21.3 Å². The van der Waals surface area contributed by atoms with Crippen LogP contribution in [0.15, 0.2) is 36.4 Å². The van der Waals surface area contributed by atoms with Crippen molar-refractivity contribution in [2.24, 2.45) is 7.05 Å². The molecule has 4 aromatic rings. The minimum absolute atomic E-state index is 0.200. The molecule has 0 radical (unpaired) electrons. The summed E-state index contributed by atoms with van der Waals surface area (Å²) in [5.74, 6) is 0.428. The zero-order valence-electron chi connectivity index (χ0n) is 16.7. The number of hydrogen-bond acceptors (Lipinski definition) is 7. The Labute approximate surface area is 187 Å². The van der Waals surface area contributed by atoms with E-state index in [4.69, 9.17) is 21.6 Å². The van der Waals surface area contributed by atoms with Gasteiger partial charge in [0.15, 0.2) is 5.13 Å². The summed E-state index contributed by atoms with van der Waals surface area (Å²) in [4.78, 5) is 21.6. The molecule has 158 valence electrons. The third-order valence-electron chi connectivity index (χ3n) is 4.60. The molecule has 10 heteroatoms. The van der Waals surface area contributed by atoms with Crippen LogP contribution in [0.3, 0.4) is 0 Å². The lowest BCUT2D eigenvalue weighted by atomic mass is 10.2. The fraction of sp³-hybridized carbons (Fsp3) is 0.238. The molecular weight excluding hydrogens is 436 g/mol. The number of fused-ring (bicyclic) bond motifs is 2. The van der Waals surface area contributed by atoms with Crippen LogP contribution in [0.1, 0.15) is 16.8 Å². The zero-order chi connectivity index (χ0) is 21.8. The molecule has 0 saturated carbocycles. The van der Waals surface area contributed by atoms with Crippen LogP contribution in [0.5, 0.6) is 0 Å². The second-order valence-electron chi connectivity index (χ2n) is 6.73. The third kappa shape index (κ3) is 4.77. The van der Waals surface area contributed by atoms with Gasteiger partial charge in [-0.1, -0.05) is 22.9 Å². The summed E-state index contributed by atoms with van der Waals surface area (Å²) in [7, 11) is 1.90. The van der Waals surface area contributed by atoms with Crippen molar-refractivity contribution in [1.82, 2.24) is 19.9 Å². The van der Waals surface area contributed by atoms with E-state index in [1.807, 2.05) is 41.9 Å². The molecule has 8 nitrogen and oxygen atoms in total. The first-order chi connectivity index (χ1) is 15.0. The van der Waals surface area contributed by atoms with E-state index in [1.165, 1.54) is 11.3 Å². The van der Waals surface area contributed by atoms with Gasteiger partial charge in [0.05, 0.1) is 47.0 Å². The lowest BCUT2D eigenvalue weighted by Gasteiger charge is -2.06. The standard InChI is InChI=1S/C21H19ClN6O2S/c1-28-17-6-3-13(19(29)24-8-10-30-9-2-7-23)11-16(17)25-20(28)27-21-26-15-5-4-14(22)12-18(15)31-21/h3-6,11-12H,2,8-10H2,1H3,(H,24,29)(H,25,26,27). The van der Waals surface area contributed by atoms with Crippen molar-refractivity contribution < 1.29 is 9.53 Å². The van der Waals surface area contributed by atoms with Gasteiger partial charge >= 0.3 is 0 Å². The van der Waals surface area contributed by atoms with Gasteiger partial charge in [0.25, 0.3) is 5.91 Å². The molecule has 2 heterocycles. The van der Waals surface area contributed by atoms with Crippen molar-refractivity contribution in [3.05, 3.63) is 47.0 Å². The largest absolute Gasteiger partial charge is 0.379 e. The molecule has 0 unspecified atom stereocenters. The molecule has 0 saturated heterocycles. The van der Waals surface area contributed by atoms with E-state index in [-0.39, 0.29) is 5.91 Å². The maximum atomic E-state index is 12.4. The number of aromatic nitrogens is 3. The van der Waals surface area contributed by atoms with E-state index in [1.54, 1.807) is 12.1 Å². The Morgan fingerprint density at radius 1 is 1.23 bits per heavy atom. The molecule has 2 aromatic heterocycles. The summed E-state index contributed by atoms with van der Waals surface area (Å²) in [6, 6.07) is 13.0. The van der Waals surface area contributed by atoms with Crippen molar-refractivity contribution in [2.45, 2.75) is 6.42 Å². The Balaban J connectivity index is 1.46. The van der Waals surface area contributed by atoms with E-state index in [2.05, 4.69) is 20.6 Å². The lowest BCUT2D eigenvalue weighted by Crippen LogP contribution is -2.27. The zero-order valence-corrected chi connectivity index (χ0v) is 18.3. The predicted octanol–water partition coefficient (Wildman–Crippen LogP) is 4.24. The summed E-state index contributed by atoms with van der Waals surface area (Å²) >= 11 is 7.55. The number of nitriles is 1. The number of nitrogens with one attached hydrogen (secondary N) is 2. The summed E-state index contributed by atoms with van der Waals surface area (Å²) in [5.41, 5.74) is 2.98. The first kappa shape index (κ1) is 21.1. The van der Waals surface area contributed by atoms with E-state index >= 15 is 0 Å². The average molecular weight is 455 g/mol. The molecule has 0 bridgehead atoms. The molecule has 4 rings (SSSR count). The van der Waals surface area contributed by atoms with E-state index in [0.717, 1.165) is 15.7 Å². The summed E-state index contributed by atoms with van der Waals surface area (Å²) in [6.45, 7) is 1.10. The van der Waals surface area contributed by atoms with Crippen LogP contribution in [0.2, 0.25) is 5.02 Å². The molecule has 31 heavy (non-hydrogen) atoms. The highest BCUT2D eigenvalue weighted by Gasteiger charge is 2.13. The number of halogens is 1. The minimum atomic E-state index is -0.200. The number of ether oxygens (including phenoxy) is 1. The van der Waals surface area contributed by atoms with Crippen LogP contribution < -0.4 is 10.6 Å². The van der Waals surface area contributed by atoms with Crippen molar-refractivity contribution in [3.8, 4) is 6.07 Å². The van der Waals surface area contributed by atoms with Crippen LogP contribution >= 0.6 is 22.9 Å². The maximum Gasteiger partial charge on any atom is 0.251 e. The van der Waals surface area contributed by atoms with Crippen molar-refractivity contribution in [1.29, 1.82) is 5.26 Å². The molecule has 0 fully saturated rings. The molecule has 0 aliphatic heterocycles. The van der Waals surface area contributed by atoms with Gasteiger partial charge in [-0.05, 0) is 36.4 Å². The maximum absolute atomic E-state index is 12.4. The van der Waals surface area contributed by atoms with Gasteiger partial charge in [0, 0.05) is 24.2 Å². The van der Waals surface area contributed by atoms with E-state index in [0.29, 0.717) is 53.4 Å².